The first-order chi connectivity index (χ1) is 14.0. The molecule has 0 saturated carbocycles. The van der Waals surface area contributed by atoms with Crippen molar-refractivity contribution in [2.24, 2.45) is 10.9 Å². The second-order valence-electron chi connectivity index (χ2n) is 7.59. The van der Waals surface area contributed by atoms with Crippen molar-refractivity contribution in [2.45, 2.75) is 45.1 Å². The fourth-order valence-corrected chi connectivity index (χ4v) is 5.04. The standard InChI is InChI=1S/C19H36N4O5S/c1-2-20-19(21-8-3-10-28-14-16-5-11-27-12-6-16)22-9-4-18(24)23-17-7-13-29(25,26)15-17/h16-17H,2-15H2,1H3,(H,23,24)(H2,20,21,22). The van der Waals surface area contributed by atoms with E-state index in [4.69, 9.17) is 9.47 Å². The van der Waals surface area contributed by atoms with Gasteiger partial charge >= 0.3 is 0 Å². The molecule has 0 aromatic heterocycles. The van der Waals surface area contributed by atoms with Crippen LogP contribution in [0.25, 0.3) is 0 Å². The molecule has 2 fully saturated rings. The molecule has 0 radical (unpaired) electrons. The highest BCUT2D eigenvalue weighted by atomic mass is 32.2. The second kappa shape index (κ2) is 13.0. The molecule has 2 aliphatic rings. The van der Waals surface area contributed by atoms with E-state index < -0.39 is 9.84 Å². The van der Waals surface area contributed by atoms with Gasteiger partial charge in [-0.3, -0.25) is 9.79 Å². The van der Waals surface area contributed by atoms with Crippen molar-refractivity contribution in [3.8, 4) is 0 Å². The fraction of sp³-hybridized carbons (Fsp3) is 0.895. The SMILES string of the molecule is CCNC(=NCCCOCC1CCOCC1)NCCC(=O)NC1CCS(=O)(=O)C1. The van der Waals surface area contributed by atoms with Crippen molar-refractivity contribution in [3.63, 3.8) is 0 Å². The van der Waals surface area contributed by atoms with E-state index in [-0.39, 0.29) is 29.9 Å². The van der Waals surface area contributed by atoms with Gasteiger partial charge in [0.1, 0.15) is 0 Å². The lowest BCUT2D eigenvalue weighted by Gasteiger charge is -2.21. The van der Waals surface area contributed by atoms with Crippen molar-refractivity contribution in [2.75, 3.05) is 57.6 Å². The number of nitrogens with one attached hydrogen (secondary N) is 3. The number of hydrogen-bond donors (Lipinski definition) is 3. The molecule has 1 atom stereocenters. The first-order valence-electron chi connectivity index (χ1n) is 10.7. The zero-order valence-electron chi connectivity index (χ0n) is 17.5. The van der Waals surface area contributed by atoms with Crippen LogP contribution in [0.4, 0.5) is 0 Å². The average molecular weight is 433 g/mol. The molecule has 2 saturated heterocycles. The maximum atomic E-state index is 12.0. The summed E-state index contributed by atoms with van der Waals surface area (Å²) in [6.07, 6.45) is 3.78. The summed E-state index contributed by atoms with van der Waals surface area (Å²) in [4.78, 5) is 16.5. The molecule has 0 spiro atoms. The summed E-state index contributed by atoms with van der Waals surface area (Å²) in [5.41, 5.74) is 0. The third-order valence-corrected chi connectivity index (χ3v) is 6.77. The molecular weight excluding hydrogens is 396 g/mol. The number of carbonyl (C=O) groups is 1. The molecule has 2 rings (SSSR count). The first kappa shape index (κ1) is 23.9. The van der Waals surface area contributed by atoms with Gasteiger partial charge in [0.2, 0.25) is 5.91 Å². The number of sulfone groups is 1. The van der Waals surface area contributed by atoms with Crippen LogP contribution < -0.4 is 16.0 Å². The topological polar surface area (TPSA) is 118 Å². The van der Waals surface area contributed by atoms with E-state index in [1.807, 2.05) is 6.92 Å². The minimum atomic E-state index is -2.98. The Hall–Kier alpha value is -1.39. The van der Waals surface area contributed by atoms with Crippen LogP contribution in [-0.4, -0.2) is 83.9 Å². The molecule has 3 N–H and O–H groups in total. The molecule has 2 aliphatic heterocycles. The zero-order chi connectivity index (χ0) is 21.0. The monoisotopic (exact) mass is 432 g/mol. The summed E-state index contributed by atoms with van der Waals surface area (Å²) in [5, 5.41) is 9.09. The van der Waals surface area contributed by atoms with Crippen molar-refractivity contribution in [1.82, 2.24) is 16.0 Å². The highest BCUT2D eigenvalue weighted by molar-refractivity contribution is 7.91. The summed E-state index contributed by atoms with van der Waals surface area (Å²) in [7, 11) is -2.98. The van der Waals surface area contributed by atoms with E-state index in [9.17, 15) is 13.2 Å². The number of rotatable bonds is 11. The molecule has 0 bridgehead atoms. The molecule has 9 nitrogen and oxygen atoms in total. The number of guanidine groups is 1. The van der Waals surface area contributed by atoms with Gasteiger partial charge in [0.25, 0.3) is 0 Å². The predicted octanol–water partition coefficient (Wildman–Crippen LogP) is 0.0682. The third-order valence-electron chi connectivity index (χ3n) is 5.00. The van der Waals surface area contributed by atoms with Gasteiger partial charge < -0.3 is 25.4 Å². The van der Waals surface area contributed by atoms with E-state index in [1.165, 1.54) is 0 Å². The number of hydrogen-bond acceptors (Lipinski definition) is 6. The van der Waals surface area contributed by atoms with Gasteiger partial charge in [0.15, 0.2) is 15.8 Å². The fourth-order valence-electron chi connectivity index (χ4n) is 3.37. The average Bonchev–Trinajstić information content (AvgIpc) is 3.03. The molecule has 29 heavy (non-hydrogen) atoms. The minimum absolute atomic E-state index is 0.0485. The summed E-state index contributed by atoms with van der Waals surface area (Å²) < 4.78 is 34.0. The van der Waals surface area contributed by atoms with Crippen molar-refractivity contribution < 1.29 is 22.7 Å². The van der Waals surface area contributed by atoms with E-state index in [0.717, 1.165) is 45.6 Å². The number of nitrogens with zero attached hydrogens (tertiary/aromatic N) is 1. The van der Waals surface area contributed by atoms with Gasteiger partial charge in [0.05, 0.1) is 11.5 Å². The largest absolute Gasteiger partial charge is 0.381 e. The summed E-state index contributed by atoms with van der Waals surface area (Å²) in [6.45, 7) is 6.98. The van der Waals surface area contributed by atoms with Crippen LogP contribution in [-0.2, 0) is 24.1 Å². The molecule has 2 heterocycles. The van der Waals surface area contributed by atoms with Crippen LogP contribution in [0.1, 0.15) is 39.0 Å². The quantitative estimate of drug-likeness (QED) is 0.240. The highest BCUT2D eigenvalue weighted by Gasteiger charge is 2.28. The maximum Gasteiger partial charge on any atom is 0.222 e. The molecule has 1 amide bonds. The van der Waals surface area contributed by atoms with Gasteiger partial charge in [-0.2, -0.15) is 0 Å². The van der Waals surface area contributed by atoms with Gasteiger partial charge in [-0.05, 0) is 38.5 Å². The van der Waals surface area contributed by atoms with Crippen LogP contribution in [0.3, 0.4) is 0 Å². The third kappa shape index (κ3) is 10.3. The smallest absolute Gasteiger partial charge is 0.222 e. The Bertz CT molecular complexity index is 620. The zero-order valence-corrected chi connectivity index (χ0v) is 18.3. The lowest BCUT2D eigenvalue weighted by Crippen LogP contribution is -2.41. The van der Waals surface area contributed by atoms with Gasteiger partial charge in [-0.1, -0.05) is 0 Å². The lowest BCUT2D eigenvalue weighted by molar-refractivity contribution is -0.121. The van der Waals surface area contributed by atoms with E-state index in [0.29, 0.717) is 38.0 Å². The van der Waals surface area contributed by atoms with Crippen LogP contribution in [0.15, 0.2) is 4.99 Å². The Kier molecular flexibility index (Phi) is 10.7. The second-order valence-corrected chi connectivity index (χ2v) is 9.82. The predicted molar refractivity (Wildman–Crippen MR) is 113 cm³/mol. The maximum absolute atomic E-state index is 12.0. The Morgan fingerprint density at radius 2 is 2.00 bits per heavy atom. The molecular formula is C19H36N4O5S. The minimum Gasteiger partial charge on any atom is -0.381 e. The number of amides is 1. The van der Waals surface area contributed by atoms with Crippen LogP contribution in [0.5, 0.6) is 0 Å². The van der Waals surface area contributed by atoms with E-state index >= 15 is 0 Å². The van der Waals surface area contributed by atoms with Crippen molar-refractivity contribution in [1.29, 1.82) is 0 Å². The molecule has 0 aliphatic carbocycles. The Balaban J connectivity index is 1.56. The Labute approximate surface area is 174 Å². The highest BCUT2D eigenvalue weighted by Crippen LogP contribution is 2.14. The first-order valence-corrected chi connectivity index (χ1v) is 12.5. The Morgan fingerprint density at radius 1 is 1.21 bits per heavy atom. The van der Waals surface area contributed by atoms with Crippen molar-refractivity contribution in [3.05, 3.63) is 0 Å². The summed E-state index contributed by atoms with van der Waals surface area (Å²) in [6, 6.07) is -0.254. The molecule has 0 aromatic rings. The summed E-state index contributed by atoms with van der Waals surface area (Å²) >= 11 is 0. The number of aliphatic imine (C=N–C) groups is 1. The van der Waals surface area contributed by atoms with Gasteiger partial charge in [-0.15, -0.1) is 0 Å². The summed E-state index contributed by atoms with van der Waals surface area (Å²) in [5.74, 6) is 1.35. The Morgan fingerprint density at radius 3 is 2.69 bits per heavy atom. The van der Waals surface area contributed by atoms with Crippen LogP contribution >= 0.6 is 0 Å². The number of carbonyl (C=O) groups excluding carboxylic acids is 1. The molecule has 0 aromatic carbocycles. The lowest BCUT2D eigenvalue weighted by atomic mass is 10.0. The van der Waals surface area contributed by atoms with Gasteiger partial charge in [0, 0.05) is 58.5 Å². The molecule has 1 unspecified atom stereocenters. The van der Waals surface area contributed by atoms with Crippen LogP contribution in [0.2, 0.25) is 0 Å². The normalized spacial score (nSPS) is 22.4. The number of ether oxygens (including phenoxy) is 2. The van der Waals surface area contributed by atoms with E-state index in [1.54, 1.807) is 0 Å². The van der Waals surface area contributed by atoms with E-state index in [2.05, 4.69) is 20.9 Å². The molecule has 10 heteroatoms. The van der Waals surface area contributed by atoms with Gasteiger partial charge in [-0.25, -0.2) is 8.42 Å². The van der Waals surface area contributed by atoms with Crippen molar-refractivity contribution >= 4 is 21.7 Å². The van der Waals surface area contributed by atoms with Crippen LogP contribution in [0, 0.1) is 5.92 Å². The molecule has 168 valence electrons.